The molecule has 7 heteroatoms. The maximum Gasteiger partial charge on any atom is 0.266 e. The number of nitrogens with zero attached hydrogens (tertiary/aromatic N) is 3. The van der Waals surface area contributed by atoms with Gasteiger partial charge in [0.15, 0.2) is 5.78 Å². The Morgan fingerprint density at radius 2 is 1.97 bits per heavy atom. The molecule has 6 rings (SSSR count). The summed E-state index contributed by atoms with van der Waals surface area (Å²) in [4.78, 5) is 17.6. The molecule has 8 atom stereocenters. The molecule has 5 nitrogen and oxygen atoms in total. The predicted octanol–water partition coefficient (Wildman–Crippen LogP) is 5.27. The molecule has 2 heterocycles. The number of fused-ring (bicyclic) bond motifs is 6. The highest BCUT2D eigenvalue weighted by molar-refractivity contribution is 5.83. The largest absolute Gasteiger partial charge is 0.384 e. The number of alkyl halides is 2. The lowest BCUT2D eigenvalue weighted by Crippen LogP contribution is -2.53. The van der Waals surface area contributed by atoms with Gasteiger partial charge in [-0.25, -0.2) is 8.78 Å². The molecule has 0 amide bonds. The summed E-state index contributed by atoms with van der Waals surface area (Å²) < 4.78 is 28.7. The Kier molecular flexibility index (Phi) is 5.36. The third-order valence-electron chi connectivity index (χ3n) is 10.5. The fourth-order valence-corrected chi connectivity index (χ4v) is 8.91. The van der Waals surface area contributed by atoms with Crippen LogP contribution in [0.4, 0.5) is 8.78 Å². The van der Waals surface area contributed by atoms with Crippen molar-refractivity contribution >= 4 is 16.7 Å². The highest BCUT2D eigenvalue weighted by Crippen LogP contribution is 2.65. The van der Waals surface area contributed by atoms with E-state index in [9.17, 15) is 18.7 Å². The number of ketones is 1. The van der Waals surface area contributed by atoms with E-state index in [1.165, 1.54) is 0 Å². The Morgan fingerprint density at radius 3 is 2.76 bits per heavy atom. The highest BCUT2D eigenvalue weighted by Gasteiger charge is 2.59. The van der Waals surface area contributed by atoms with Gasteiger partial charge in [-0.2, -0.15) is 5.10 Å². The van der Waals surface area contributed by atoms with Gasteiger partial charge in [0.2, 0.25) is 0 Å². The van der Waals surface area contributed by atoms with Crippen LogP contribution in [-0.2, 0) is 11.3 Å². The topological polar surface area (TPSA) is 68.0 Å². The van der Waals surface area contributed by atoms with Gasteiger partial charge >= 0.3 is 0 Å². The molecular formula is C27H35F2N3O2. The first-order chi connectivity index (χ1) is 16.3. The lowest BCUT2D eigenvalue weighted by Gasteiger charge is -2.57. The van der Waals surface area contributed by atoms with Crippen LogP contribution >= 0.6 is 0 Å². The smallest absolute Gasteiger partial charge is 0.266 e. The van der Waals surface area contributed by atoms with E-state index in [-0.39, 0.29) is 35.9 Å². The molecule has 184 valence electrons. The minimum Gasteiger partial charge on any atom is -0.384 e. The summed E-state index contributed by atoms with van der Waals surface area (Å²) in [6.07, 6.45) is 10.2. The van der Waals surface area contributed by atoms with Gasteiger partial charge in [0.05, 0.1) is 12.7 Å². The van der Waals surface area contributed by atoms with Crippen molar-refractivity contribution < 1.29 is 18.7 Å². The molecule has 0 radical (unpaired) electrons. The average molecular weight is 472 g/mol. The molecule has 8 unspecified atom stereocenters. The zero-order valence-electron chi connectivity index (χ0n) is 19.9. The first-order valence-corrected chi connectivity index (χ1v) is 13.1. The average Bonchev–Trinajstić information content (AvgIpc) is 3.38. The van der Waals surface area contributed by atoms with Crippen molar-refractivity contribution in [3.63, 3.8) is 0 Å². The molecule has 4 aliphatic carbocycles. The maximum atomic E-state index is 13.5. The van der Waals surface area contributed by atoms with Crippen molar-refractivity contribution in [2.24, 2.45) is 40.9 Å². The Labute approximate surface area is 199 Å². The van der Waals surface area contributed by atoms with E-state index in [0.29, 0.717) is 30.2 Å². The van der Waals surface area contributed by atoms with E-state index in [1.54, 1.807) is 17.1 Å². The molecule has 0 bridgehead atoms. The predicted molar refractivity (Wildman–Crippen MR) is 124 cm³/mol. The molecule has 2 aromatic rings. The maximum absolute atomic E-state index is 13.5. The van der Waals surface area contributed by atoms with Crippen LogP contribution in [-0.4, -0.2) is 37.7 Å². The Hall–Kier alpha value is -1.89. The van der Waals surface area contributed by atoms with Crippen LogP contribution in [0.1, 0.15) is 64.7 Å². The van der Waals surface area contributed by atoms with Gasteiger partial charge in [0.1, 0.15) is 11.1 Å². The molecule has 4 aliphatic rings. The molecule has 0 spiro atoms. The number of halogens is 2. The normalized spacial score (nSPS) is 41.8. The van der Waals surface area contributed by atoms with Gasteiger partial charge in [-0.15, -0.1) is 0 Å². The Balaban J connectivity index is 1.17. The number of aromatic nitrogens is 3. The molecule has 4 fully saturated rings. The van der Waals surface area contributed by atoms with Crippen LogP contribution in [0.2, 0.25) is 0 Å². The highest BCUT2D eigenvalue weighted by atomic mass is 19.3. The van der Waals surface area contributed by atoms with Crippen molar-refractivity contribution in [3.05, 3.63) is 24.7 Å². The van der Waals surface area contributed by atoms with E-state index < -0.39 is 12.0 Å². The molecule has 0 aliphatic heterocycles. The number of carbonyl (C=O) groups excluding carboxylic acids is 1. The van der Waals surface area contributed by atoms with E-state index in [2.05, 4.69) is 17.0 Å². The molecule has 0 saturated heterocycles. The summed E-state index contributed by atoms with van der Waals surface area (Å²) in [6.45, 7) is 2.65. The van der Waals surface area contributed by atoms with Gasteiger partial charge in [-0.05, 0) is 98.9 Å². The number of aliphatic hydroxyl groups is 1. The van der Waals surface area contributed by atoms with Gasteiger partial charge in [0.25, 0.3) is 6.43 Å². The third kappa shape index (κ3) is 3.44. The van der Waals surface area contributed by atoms with Crippen LogP contribution in [0.25, 0.3) is 10.9 Å². The molecule has 34 heavy (non-hydrogen) atoms. The number of Topliss-reactive ketones (excluding diaryl/α,β-unsaturated/α-hetero) is 1. The van der Waals surface area contributed by atoms with Crippen molar-refractivity contribution in [2.75, 3.05) is 0 Å². The van der Waals surface area contributed by atoms with Crippen molar-refractivity contribution in [1.29, 1.82) is 0 Å². The molecule has 1 N–H and O–H groups in total. The number of carbonyl (C=O) groups is 1. The summed E-state index contributed by atoms with van der Waals surface area (Å²) in [5, 5.41) is 16.0. The lowest BCUT2D eigenvalue weighted by molar-refractivity contribution is -0.160. The quantitative estimate of drug-likeness (QED) is 0.660. The van der Waals surface area contributed by atoms with Crippen LogP contribution in [0, 0.1) is 40.9 Å². The van der Waals surface area contributed by atoms with Gasteiger partial charge in [-0.1, -0.05) is 6.92 Å². The minimum absolute atomic E-state index is 0.0254. The van der Waals surface area contributed by atoms with Crippen LogP contribution in [0.3, 0.4) is 0 Å². The summed E-state index contributed by atoms with van der Waals surface area (Å²) in [5.74, 6) is 2.74. The van der Waals surface area contributed by atoms with E-state index in [0.717, 1.165) is 55.8 Å². The van der Waals surface area contributed by atoms with Crippen LogP contribution in [0.5, 0.6) is 0 Å². The van der Waals surface area contributed by atoms with E-state index >= 15 is 0 Å². The third-order valence-corrected chi connectivity index (χ3v) is 10.5. The van der Waals surface area contributed by atoms with E-state index in [4.69, 9.17) is 0 Å². The van der Waals surface area contributed by atoms with Crippen molar-refractivity contribution in [1.82, 2.24) is 14.8 Å². The molecular weight excluding hydrogens is 436 g/mol. The SMILES string of the molecule is CC12CCC3C4CCC(O)(C(F)F)CC4CCC3C1CCC2C(=O)Cn1cc2ccncc2n1. The minimum atomic E-state index is -2.65. The van der Waals surface area contributed by atoms with Crippen LogP contribution in [0.15, 0.2) is 24.7 Å². The zero-order valence-corrected chi connectivity index (χ0v) is 19.9. The van der Waals surface area contributed by atoms with Gasteiger partial charge < -0.3 is 5.11 Å². The fourth-order valence-electron chi connectivity index (χ4n) is 8.91. The fraction of sp³-hybridized carbons (Fsp3) is 0.741. The zero-order chi connectivity index (χ0) is 23.7. The Bertz CT molecular complexity index is 1060. The summed E-state index contributed by atoms with van der Waals surface area (Å²) in [5.41, 5.74) is -0.943. The monoisotopic (exact) mass is 471 g/mol. The second kappa shape index (κ2) is 8.07. The second-order valence-corrected chi connectivity index (χ2v) is 12.0. The number of hydrogen-bond donors (Lipinski definition) is 1. The number of hydrogen-bond acceptors (Lipinski definition) is 4. The molecule has 0 aromatic carbocycles. The van der Waals surface area contributed by atoms with Gasteiger partial charge in [-0.3, -0.25) is 14.5 Å². The summed E-state index contributed by atoms with van der Waals surface area (Å²) in [7, 11) is 0. The Morgan fingerprint density at radius 1 is 1.15 bits per heavy atom. The van der Waals surface area contributed by atoms with Crippen LogP contribution < -0.4 is 0 Å². The molecule has 2 aromatic heterocycles. The lowest BCUT2D eigenvalue weighted by atomic mass is 9.49. The molecule has 4 saturated carbocycles. The first-order valence-electron chi connectivity index (χ1n) is 13.1. The first kappa shape index (κ1) is 22.6. The number of rotatable bonds is 4. The summed E-state index contributed by atoms with van der Waals surface area (Å²) in [6, 6.07) is 1.92. The standard InChI is InChI=1S/C27H35F2N3O2/c1-26-9-6-19-18-7-10-27(34,25(28)29)12-16(18)2-3-20(19)21(26)4-5-22(26)24(33)15-32-14-17-8-11-30-13-23(17)31-32/h8,11,13-14,16,18-22,25,34H,2-7,9-10,12,15H2,1H3. The van der Waals surface area contributed by atoms with Crippen molar-refractivity contribution in [2.45, 2.75) is 83.3 Å². The van der Waals surface area contributed by atoms with E-state index in [1.807, 2.05) is 12.3 Å². The second-order valence-electron chi connectivity index (χ2n) is 12.0. The van der Waals surface area contributed by atoms with Crippen molar-refractivity contribution in [3.8, 4) is 0 Å². The van der Waals surface area contributed by atoms with Gasteiger partial charge in [0, 0.05) is 23.7 Å². The number of pyridine rings is 1. The summed E-state index contributed by atoms with van der Waals surface area (Å²) >= 11 is 0.